The largest absolute Gasteiger partial charge is 0.381 e. The third kappa shape index (κ3) is 3.03. The molecule has 1 aliphatic heterocycles. The van der Waals surface area contributed by atoms with Gasteiger partial charge in [0.1, 0.15) is 5.01 Å². The smallest absolute Gasteiger partial charge is 0.110 e. The second-order valence-corrected chi connectivity index (χ2v) is 5.21. The summed E-state index contributed by atoms with van der Waals surface area (Å²) in [6.45, 7) is 5.06. The van der Waals surface area contributed by atoms with E-state index in [0.717, 1.165) is 26.2 Å². The minimum Gasteiger partial charge on any atom is -0.381 e. The van der Waals surface area contributed by atoms with Gasteiger partial charge in [-0.3, -0.25) is 0 Å². The van der Waals surface area contributed by atoms with Crippen LogP contribution < -0.4 is 5.32 Å². The Morgan fingerprint density at radius 1 is 1.69 bits per heavy atom. The Labute approximate surface area is 101 Å². The van der Waals surface area contributed by atoms with E-state index in [1.54, 1.807) is 11.3 Å². The average molecular weight is 240 g/mol. The Morgan fingerprint density at radius 3 is 3.25 bits per heavy atom. The zero-order valence-corrected chi connectivity index (χ0v) is 10.6. The maximum Gasteiger partial charge on any atom is 0.110 e. The lowest BCUT2D eigenvalue weighted by molar-refractivity contribution is 0.0390. The number of aromatic nitrogens is 1. The van der Waals surface area contributed by atoms with Gasteiger partial charge in [0.05, 0.1) is 12.6 Å². The summed E-state index contributed by atoms with van der Waals surface area (Å²) in [5, 5.41) is 6.88. The predicted octanol–water partition coefficient (Wildman–Crippen LogP) is 2.61. The van der Waals surface area contributed by atoms with Crippen molar-refractivity contribution < 1.29 is 4.74 Å². The first-order chi connectivity index (χ1) is 7.92. The van der Waals surface area contributed by atoms with Crippen molar-refractivity contribution in [3.63, 3.8) is 0 Å². The van der Waals surface area contributed by atoms with Crippen molar-refractivity contribution in [2.24, 2.45) is 5.92 Å². The number of hydrogen-bond donors (Lipinski definition) is 1. The second-order valence-electron chi connectivity index (χ2n) is 4.28. The van der Waals surface area contributed by atoms with Gasteiger partial charge in [0.25, 0.3) is 0 Å². The molecule has 0 saturated carbocycles. The first-order valence-electron chi connectivity index (χ1n) is 6.12. The fourth-order valence-electron chi connectivity index (χ4n) is 2.17. The van der Waals surface area contributed by atoms with Gasteiger partial charge in [-0.05, 0) is 25.8 Å². The lowest BCUT2D eigenvalue weighted by Crippen LogP contribution is -2.33. The molecule has 0 aromatic carbocycles. The average Bonchev–Trinajstić information content (AvgIpc) is 2.85. The standard InChI is InChI=1S/C12H20N2OS/c1-2-5-13-11(12-14-6-8-16-12)10-4-3-7-15-9-10/h6,8,10-11,13H,2-5,7,9H2,1H3. The normalized spacial score (nSPS) is 23.2. The number of thiazole rings is 1. The van der Waals surface area contributed by atoms with Crippen molar-refractivity contribution in [3.05, 3.63) is 16.6 Å². The van der Waals surface area contributed by atoms with Gasteiger partial charge in [-0.2, -0.15) is 0 Å². The third-order valence-electron chi connectivity index (χ3n) is 3.00. The monoisotopic (exact) mass is 240 g/mol. The molecular formula is C12H20N2OS. The highest BCUT2D eigenvalue weighted by molar-refractivity contribution is 7.09. The first-order valence-corrected chi connectivity index (χ1v) is 7.00. The SMILES string of the molecule is CCCNC(c1nccs1)C1CCCOC1. The summed E-state index contributed by atoms with van der Waals surface area (Å²) in [6, 6.07) is 0.389. The third-order valence-corrected chi connectivity index (χ3v) is 3.86. The van der Waals surface area contributed by atoms with Crippen molar-refractivity contribution in [2.75, 3.05) is 19.8 Å². The maximum absolute atomic E-state index is 5.58. The number of rotatable bonds is 5. The van der Waals surface area contributed by atoms with Crippen LogP contribution in [-0.2, 0) is 4.74 Å². The summed E-state index contributed by atoms with van der Waals surface area (Å²) in [5.41, 5.74) is 0. The Hall–Kier alpha value is -0.450. The Balaban J connectivity index is 2.01. The van der Waals surface area contributed by atoms with E-state index in [9.17, 15) is 0 Å². The Bertz CT molecular complexity index is 283. The lowest BCUT2D eigenvalue weighted by atomic mass is 9.94. The van der Waals surface area contributed by atoms with E-state index in [-0.39, 0.29) is 0 Å². The van der Waals surface area contributed by atoms with Gasteiger partial charge in [-0.25, -0.2) is 4.98 Å². The van der Waals surface area contributed by atoms with Gasteiger partial charge >= 0.3 is 0 Å². The van der Waals surface area contributed by atoms with Gasteiger partial charge < -0.3 is 10.1 Å². The predicted molar refractivity (Wildman–Crippen MR) is 66.7 cm³/mol. The molecule has 2 unspecified atom stereocenters. The second kappa shape index (κ2) is 6.33. The van der Waals surface area contributed by atoms with E-state index in [4.69, 9.17) is 4.74 Å². The van der Waals surface area contributed by atoms with Crippen LogP contribution in [0.3, 0.4) is 0 Å². The van der Waals surface area contributed by atoms with Crippen molar-refractivity contribution in [2.45, 2.75) is 32.2 Å². The number of nitrogens with zero attached hydrogens (tertiary/aromatic N) is 1. The van der Waals surface area contributed by atoms with Crippen LogP contribution in [-0.4, -0.2) is 24.7 Å². The topological polar surface area (TPSA) is 34.2 Å². The highest BCUT2D eigenvalue weighted by Crippen LogP contribution is 2.29. The van der Waals surface area contributed by atoms with Crippen LogP contribution in [0, 0.1) is 5.92 Å². The molecule has 1 N–H and O–H groups in total. The van der Waals surface area contributed by atoms with Crippen LogP contribution in [0.25, 0.3) is 0 Å². The molecule has 0 amide bonds. The zero-order valence-electron chi connectivity index (χ0n) is 9.82. The molecule has 0 spiro atoms. The summed E-state index contributed by atoms with van der Waals surface area (Å²) in [5.74, 6) is 0.589. The van der Waals surface area contributed by atoms with E-state index >= 15 is 0 Å². The quantitative estimate of drug-likeness (QED) is 0.859. The van der Waals surface area contributed by atoms with Crippen LogP contribution in [0.2, 0.25) is 0 Å². The van der Waals surface area contributed by atoms with E-state index in [1.165, 1.54) is 17.8 Å². The Morgan fingerprint density at radius 2 is 2.62 bits per heavy atom. The van der Waals surface area contributed by atoms with Crippen LogP contribution >= 0.6 is 11.3 Å². The molecule has 16 heavy (non-hydrogen) atoms. The summed E-state index contributed by atoms with van der Waals surface area (Å²) in [6.07, 6.45) is 5.49. The van der Waals surface area contributed by atoms with Gasteiger partial charge in [-0.15, -0.1) is 11.3 Å². The van der Waals surface area contributed by atoms with E-state index in [1.807, 2.05) is 6.20 Å². The number of ether oxygens (including phenoxy) is 1. The van der Waals surface area contributed by atoms with Crippen LogP contribution in [0.15, 0.2) is 11.6 Å². The molecule has 0 aliphatic carbocycles. The number of nitrogens with one attached hydrogen (secondary N) is 1. The van der Waals surface area contributed by atoms with Crippen LogP contribution in [0.4, 0.5) is 0 Å². The minimum atomic E-state index is 0.389. The summed E-state index contributed by atoms with van der Waals surface area (Å²) in [7, 11) is 0. The van der Waals surface area contributed by atoms with Crippen molar-refractivity contribution in [3.8, 4) is 0 Å². The highest BCUT2D eigenvalue weighted by Gasteiger charge is 2.26. The fraction of sp³-hybridized carbons (Fsp3) is 0.750. The highest BCUT2D eigenvalue weighted by atomic mass is 32.1. The molecule has 2 heterocycles. The van der Waals surface area contributed by atoms with Crippen molar-refractivity contribution in [1.29, 1.82) is 0 Å². The van der Waals surface area contributed by atoms with E-state index < -0.39 is 0 Å². The molecule has 0 bridgehead atoms. The molecule has 0 radical (unpaired) electrons. The number of hydrogen-bond acceptors (Lipinski definition) is 4. The molecule has 1 aliphatic rings. The van der Waals surface area contributed by atoms with Crippen molar-refractivity contribution in [1.82, 2.24) is 10.3 Å². The fourth-order valence-corrected chi connectivity index (χ4v) is 2.98. The minimum absolute atomic E-state index is 0.389. The van der Waals surface area contributed by atoms with E-state index in [2.05, 4.69) is 22.6 Å². The zero-order chi connectivity index (χ0) is 11.2. The van der Waals surface area contributed by atoms with Gasteiger partial charge in [-0.1, -0.05) is 6.92 Å². The van der Waals surface area contributed by atoms with Gasteiger partial charge in [0, 0.05) is 24.1 Å². The molecular weight excluding hydrogens is 220 g/mol. The molecule has 4 heteroatoms. The van der Waals surface area contributed by atoms with Gasteiger partial charge in [0.15, 0.2) is 0 Å². The lowest BCUT2D eigenvalue weighted by Gasteiger charge is -2.29. The van der Waals surface area contributed by atoms with Crippen molar-refractivity contribution >= 4 is 11.3 Å². The molecule has 2 rings (SSSR count). The molecule has 1 fully saturated rings. The summed E-state index contributed by atoms with van der Waals surface area (Å²) in [4.78, 5) is 4.45. The Kier molecular flexibility index (Phi) is 4.75. The molecule has 1 aromatic rings. The van der Waals surface area contributed by atoms with Crippen LogP contribution in [0.1, 0.15) is 37.2 Å². The molecule has 2 atom stereocenters. The maximum atomic E-state index is 5.58. The molecule has 3 nitrogen and oxygen atoms in total. The van der Waals surface area contributed by atoms with E-state index in [0.29, 0.717) is 12.0 Å². The molecule has 90 valence electrons. The van der Waals surface area contributed by atoms with Crippen LogP contribution in [0.5, 0.6) is 0 Å². The summed E-state index contributed by atoms with van der Waals surface area (Å²) < 4.78 is 5.58. The molecule has 1 aromatic heterocycles. The van der Waals surface area contributed by atoms with Gasteiger partial charge in [0.2, 0.25) is 0 Å². The summed E-state index contributed by atoms with van der Waals surface area (Å²) >= 11 is 1.75. The first kappa shape index (κ1) is 12.0. The molecule has 1 saturated heterocycles.